The van der Waals surface area contributed by atoms with E-state index in [9.17, 15) is 0 Å². The van der Waals surface area contributed by atoms with Crippen LogP contribution >= 0.6 is 11.6 Å². The van der Waals surface area contributed by atoms with Gasteiger partial charge in [0.2, 0.25) is 0 Å². The molecule has 108 valence electrons. The van der Waals surface area contributed by atoms with Crippen molar-refractivity contribution in [2.45, 2.75) is 38.6 Å². The molecule has 2 nitrogen and oxygen atoms in total. The van der Waals surface area contributed by atoms with Gasteiger partial charge in [-0.3, -0.25) is 0 Å². The van der Waals surface area contributed by atoms with Crippen molar-refractivity contribution in [2.75, 3.05) is 7.05 Å². The SMILES string of the molecule is CNC(c1cc2cc(Cl)ccc2o1)C1CCCC(C)C1. The molecule has 3 unspecified atom stereocenters. The first-order valence-electron chi connectivity index (χ1n) is 7.53. The van der Waals surface area contributed by atoms with Crippen molar-refractivity contribution in [3.63, 3.8) is 0 Å². The second-order valence-electron chi connectivity index (χ2n) is 6.13. The molecule has 1 aliphatic rings. The Balaban J connectivity index is 1.90. The fraction of sp³-hybridized carbons (Fsp3) is 0.529. The molecular formula is C17H22ClNO. The number of furan rings is 1. The molecule has 0 spiro atoms. The molecule has 1 fully saturated rings. The fourth-order valence-corrected chi connectivity index (χ4v) is 3.76. The van der Waals surface area contributed by atoms with Gasteiger partial charge >= 0.3 is 0 Å². The van der Waals surface area contributed by atoms with Crippen LogP contribution in [0.25, 0.3) is 11.0 Å². The topological polar surface area (TPSA) is 25.2 Å². The maximum absolute atomic E-state index is 6.05. The zero-order chi connectivity index (χ0) is 14.1. The predicted molar refractivity (Wildman–Crippen MR) is 84.1 cm³/mol. The van der Waals surface area contributed by atoms with Crippen molar-refractivity contribution in [1.82, 2.24) is 5.32 Å². The summed E-state index contributed by atoms with van der Waals surface area (Å²) in [4.78, 5) is 0. The third-order valence-electron chi connectivity index (χ3n) is 4.56. The van der Waals surface area contributed by atoms with E-state index in [2.05, 4.69) is 18.3 Å². The van der Waals surface area contributed by atoms with Crippen molar-refractivity contribution in [2.24, 2.45) is 11.8 Å². The predicted octanol–water partition coefficient (Wildman–Crippen LogP) is 5.17. The largest absolute Gasteiger partial charge is 0.459 e. The highest BCUT2D eigenvalue weighted by Gasteiger charge is 2.29. The summed E-state index contributed by atoms with van der Waals surface area (Å²) in [7, 11) is 2.03. The normalized spacial score (nSPS) is 24.9. The molecule has 0 saturated heterocycles. The van der Waals surface area contributed by atoms with Crippen LogP contribution in [0, 0.1) is 11.8 Å². The van der Waals surface area contributed by atoms with Gasteiger partial charge in [0.05, 0.1) is 6.04 Å². The molecule has 3 atom stereocenters. The number of fused-ring (bicyclic) bond motifs is 1. The zero-order valence-corrected chi connectivity index (χ0v) is 12.9. The second-order valence-corrected chi connectivity index (χ2v) is 6.57. The van der Waals surface area contributed by atoms with E-state index in [1.165, 1.54) is 25.7 Å². The molecule has 1 N–H and O–H groups in total. The quantitative estimate of drug-likeness (QED) is 0.843. The average Bonchev–Trinajstić information content (AvgIpc) is 2.82. The highest BCUT2D eigenvalue weighted by molar-refractivity contribution is 6.31. The van der Waals surface area contributed by atoms with Crippen LogP contribution in [0.3, 0.4) is 0 Å². The number of hydrogen-bond acceptors (Lipinski definition) is 2. The summed E-state index contributed by atoms with van der Waals surface area (Å²) >= 11 is 6.05. The Bertz CT molecular complexity index is 592. The second kappa shape index (κ2) is 5.79. The van der Waals surface area contributed by atoms with E-state index in [-0.39, 0.29) is 0 Å². The fourth-order valence-electron chi connectivity index (χ4n) is 3.58. The maximum Gasteiger partial charge on any atom is 0.134 e. The molecule has 2 aromatic rings. The number of rotatable bonds is 3. The van der Waals surface area contributed by atoms with Gasteiger partial charge in [0.25, 0.3) is 0 Å². The first-order valence-corrected chi connectivity index (χ1v) is 7.91. The minimum absolute atomic E-state index is 0.309. The first-order chi connectivity index (χ1) is 9.67. The molecule has 0 aliphatic heterocycles. The van der Waals surface area contributed by atoms with E-state index in [4.69, 9.17) is 16.0 Å². The van der Waals surface area contributed by atoms with Gasteiger partial charge in [-0.25, -0.2) is 0 Å². The Morgan fingerprint density at radius 2 is 2.15 bits per heavy atom. The van der Waals surface area contributed by atoms with E-state index < -0.39 is 0 Å². The van der Waals surface area contributed by atoms with Crippen LogP contribution in [-0.2, 0) is 0 Å². The molecule has 3 rings (SSSR count). The van der Waals surface area contributed by atoms with Crippen LogP contribution in [-0.4, -0.2) is 7.05 Å². The Kier molecular flexibility index (Phi) is 4.04. The summed E-state index contributed by atoms with van der Waals surface area (Å²) in [5.41, 5.74) is 0.925. The highest BCUT2D eigenvalue weighted by atomic mass is 35.5. The van der Waals surface area contributed by atoms with Gasteiger partial charge in [0.1, 0.15) is 11.3 Å². The summed E-state index contributed by atoms with van der Waals surface area (Å²) < 4.78 is 6.04. The van der Waals surface area contributed by atoms with Crippen LogP contribution in [0.2, 0.25) is 5.02 Å². The maximum atomic E-state index is 6.05. The monoisotopic (exact) mass is 291 g/mol. The molecule has 0 amide bonds. The molecule has 1 heterocycles. The van der Waals surface area contributed by atoms with Crippen LogP contribution in [0.5, 0.6) is 0 Å². The molecular weight excluding hydrogens is 270 g/mol. The van der Waals surface area contributed by atoms with Crippen LogP contribution in [0.15, 0.2) is 28.7 Å². The third kappa shape index (κ3) is 2.72. The lowest BCUT2D eigenvalue weighted by atomic mass is 9.78. The van der Waals surface area contributed by atoms with Crippen LogP contribution in [0.1, 0.15) is 44.4 Å². The Labute approximate surface area is 125 Å². The minimum Gasteiger partial charge on any atom is -0.459 e. The molecule has 20 heavy (non-hydrogen) atoms. The summed E-state index contributed by atoms with van der Waals surface area (Å²) in [5, 5.41) is 5.31. The van der Waals surface area contributed by atoms with Gasteiger partial charge < -0.3 is 9.73 Å². The van der Waals surface area contributed by atoms with E-state index in [1.54, 1.807) is 0 Å². The van der Waals surface area contributed by atoms with Gasteiger partial charge in [0, 0.05) is 10.4 Å². The number of halogens is 1. The number of benzene rings is 1. The van der Waals surface area contributed by atoms with Gasteiger partial charge in [-0.1, -0.05) is 31.4 Å². The lowest BCUT2D eigenvalue weighted by molar-refractivity contribution is 0.214. The number of nitrogens with one attached hydrogen (secondary N) is 1. The van der Waals surface area contributed by atoms with Crippen molar-refractivity contribution >= 4 is 22.6 Å². The van der Waals surface area contributed by atoms with Crippen molar-refractivity contribution in [1.29, 1.82) is 0 Å². The van der Waals surface area contributed by atoms with Gasteiger partial charge in [-0.15, -0.1) is 0 Å². The summed E-state index contributed by atoms with van der Waals surface area (Å²) in [6.07, 6.45) is 5.26. The van der Waals surface area contributed by atoms with Gasteiger partial charge in [-0.05, 0) is 56.0 Å². The molecule has 1 aliphatic carbocycles. The minimum atomic E-state index is 0.309. The van der Waals surface area contributed by atoms with Crippen LogP contribution < -0.4 is 5.32 Å². The summed E-state index contributed by atoms with van der Waals surface area (Å²) in [6, 6.07) is 8.26. The molecule has 0 bridgehead atoms. The molecule has 1 aromatic heterocycles. The zero-order valence-electron chi connectivity index (χ0n) is 12.2. The van der Waals surface area contributed by atoms with Crippen LogP contribution in [0.4, 0.5) is 0 Å². The molecule has 1 saturated carbocycles. The smallest absolute Gasteiger partial charge is 0.134 e. The lowest BCUT2D eigenvalue weighted by Gasteiger charge is -2.32. The first kappa shape index (κ1) is 14.0. The Morgan fingerprint density at radius 1 is 1.30 bits per heavy atom. The van der Waals surface area contributed by atoms with Gasteiger partial charge in [-0.2, -0.15) is 0 Å². The Hall–Kier alpha value is -0.990. The molecule has 3 heteroatoms. The van der Waals surface area contributed by atoms with E-state index in [1.807, 2.05) is 25.2 Å². The average molecular weight is 292 g/mol. The lowest BCUT2D eigenvalue weighted by Crippen LogP contribution is -2.28. The van der Waals surface area contributed by atoms with Crippen molar-refractivity contribution in [3.05, 3.63) is 35.0 Å². The van der Waals surface area contributed by atoms with E-state index in [0.717, 1.165) is 27.7 Å². The highest BCUT2D eigenvalue weighted by Crippen LogP contribution is 2.38. The van der Waals surface area contributed by atoms with Crippen molar-refractivity contribution in [3.8, 4) is 0 Å². The Morgan fingerprint density at radius 3 is 2.90 bits per heavy atom. The van der Waals surface area contributed by atoms with Gasteiger partial charge in [0.15, 0.2) is 0 Å². The molecule has 0 radical (unpaired) electrons. The van der Waals surface area contributed by atoms with Crippen molar-refractivity contribution < 1.29 is 4.42 Å². The van der Waals surface area contributed by atoms with E-state index >= 15 is 0 Å². The third-order valence-corrected chi connectivity index (χ3v) is 4.80. The summed E-state index contributed by atoms with van der Waals surface area (Å²) in [6.45, 7) is 2.36. The van der Waals surface area contributed by atoms with E-state index in [0.29, 0.717) is 12.0 Å². The molecule has 1 aromatic carbocycles. The standard InChI is InChI=1S/C17H22ClNO/c1-11-4-3-5-12(8-11)17(19-2)16-10-13-9-14(18)6-7-15(13)20-16/h6-7,9-12,17,19H,3-5,8H2,1-2H3. The summed E-state index contributed by atoms with van der Waals surface area (Å²) in [5.74, 6) is 2.53. The number of hydrogen-bond donors (Lipinski definition) is 1.